The molecule has 1 atom stereocenters. The van der Waals surface area contributed by atoms with Crippen molar-refractivity contribution in [2.24, 2.45) is 4.99 Å². The third kappa shape index (κ3) is 4.76. The third-order valence-electron chi connectivity index (χ3n) is 4.43. The molecular weight excluding hydrogens is 338 g/mol. The van der Waals surface area contributed by atoms with Gasteiger partial charge in [-0.25, -0.2) is 4.99 Å². The number of pyridine rings is 1. The molecule has 27 heavy (non-hydrogen) atoms. The second kappa shape index (κ2) is 9.03. The Labute approximate surface area is 160 Å². The number of hydrogen-bond donors (Lipinski definition) is 2. The van der Waals surface area contributed by atoms with E-state index in [1.807, 2.05) is 24.4 Å². The normalized spacial score (nSPS) is 14.7. The highest BCUT2D eigenvalue weighted by Crippen LogP contribution is 2.27. The molecular formula is C22H25N3O2. The first-order valence-corrected chi connectivity index (χ1v) is 9.20. The number of aliphatic imine (C=N–C) groups is 1. The molecule has 1 aliphatic heterocycles. The predicted molar refractivity (Wildman–Crippen MR) is 108 cm³/mol. The number of allylic oxidation sites excluding steroid dienone is 3. The van der Waals surface area contributed by atoms with Gasteiger partial charge in [0, 0.05) is 18.0 Å². The van der Waals surface area contributed by atoms with Crippen LogP contribution in [0.3, 0.4) is 0 Å². The number of rotatable bonds is 7. The van der Waals surface area contributed by atoms with Crippen LogP contribution in [-0.4, -0.2) is 22.9 Å². The number of hydrogen-bond acceptors (Lipinski definition) is 5. The lowest BCUT2D eigenvalue weighted by molar-refractivity contribution is 0.373. The van der Waals surface area contributed by atoms with Crippen LogP contribution in [-0.2, 0) is 0 Å². The molecule has 0 radical (unpaired) electrons. The van der Waals surface area contributed by atoms with Crippen molar-refractivity contribution in [3.8, 4) is 11.5 Å². The summed E-state index contributed by atoms with van der Waals surface area (Å²) in [7, 11) is 1.54. The van der Waals surface area contributed by atoms with Crippen molar-refractivity contribution in [3.63, 3.8) is 0 Å². The minimum absolute atomic E-state index is 0.118. The molecule has 0 aliphatic carbocycles. The standard InChI is InChI=1S/C22H25N3O2/c1-3-7-18(17-8-6-13-23-15-17)24-22-10-5-4-9-19(25-22)16-11-12-20(26)21(14-16)27-2/h4,6,8-15,18,24,26H,3,5,7H2,1-2H3. The lowest BCUT2D eigenvalue weighted by atomic mass is 10.0. The van der Waals surface area contributed by atoms with E-state index in [0.717, 1.165) is 41.9 Å². The van der Waals surface area contributed by atoms with E-state index < -0.39 is 0 Å². The summed E-state index contributed by atoms with van der Waals surface area (Å²) >= 11 is 0. The summed E-state index contributed by atoms with van der Waals surface area (Å²) in [6, 6.07) is 9.47. The summed E-state index contributed by atoms with van der Waals surface area (Å²) in [6.45, 7) is 2.17. The van der Waals surface area contributed by atoms with E-state index in [-0.39, 0.29) is 11.8 Å². The smallest absolute Gasteiger partial charge is 0.161 e. The Kier molecular flexibility index (Phi) is 6.26. The Morgan fingerprint density at radius 3 is 2.93 bits per heavy atom. The molecule has 3 rings (SSSR count). The minimum atomic E-state index is 0.118. The second-order valence-electron chi connectivity index (χ2n) is 6.38. The summed E-state index contributed by atoms with van der Waals surface area (Å²) < 4.78 is 5.22. The first-order valence-electron chi connectivity index (χ1n) is 9.20. The number of methoxy groups -OCH3 is 1. The number of phenols is 1. The van der Waals surface area contributed by atoms with Crippen LogP contribution in [0.4, 0.5) is 0 Å². The van der Waals surface area contributed by atoms with E-state index in [1.54, 1.807) is 25.4 Å². The van der Waals surface area contributed by atoms with E-state index in [9.17, 15) is 5.11 Å². The van der Waals surface area contributed by atoms with Crippen molar-refractivity contribution >= 4 is 5.71 Å². The molecule has 1 unspecified atom stereocenters. The third-order valence-corrected chi connectivity index (χ3v) is 4.43. The fraction of sp³-hybridized carbons (Fsp3) is 0.273. The summed E-state index contributed by atoms with van der Waals surface area (Å²) in [5.41, 5.74) is 2.87. The van der Waals surface area contributed by atoms with Crippen LogP contribution in [0.25, 0.3) is 0 Å². The highest BCUT2D eigenvalue weighted by atomic mass is 16.5. The Hall–Kier alpha value is -3.08. The van der Waals surface area contributed by atoms with Crippen LogP contribution < -0.4 is 10.1 Å². The first-order chi connectivity index (χ1) is 13.2. The van der Waals surface area contributed by atoms with Gasteiger partial charge in [0.2, 0.25) is 0 Å². The minimum Gasteiger partial charge on any atom is -0.504 e. The molecule has 0 saturated carbocycles. The van der Waals surface area contributed by atoms with Gasteiger partial charge in [-0.3, -0.25) is 4.98 Å². The maximum atomic E-state index is 9.83. The molecule has 2 N–H and O–H groups in total. The highest BCUT2D eigenvalue weighted by Gasteiger charge is 2.14. The number of benzene rings is 1. The van der Waals surface area contributed by atoms with Crippen LogP contribution in [0.2, 0.25) is 0 Å². The van der Waals surface area contributed by atoms with E-state index in [2.05, 4.69) is 35.4 Å². The quantitative estimate of drug-likeness (QED) is 0.759. The summed E-state index contributed by atoms with van der Waals surface area (Å²) in [6.07, 6.45) is 12.7. The molecule has 0 saturated heterocycles. The average Bonchev–Trinajstić information content (AvgIpc) is 2.94. The molecule has 1 aromatic heterocycles. The molecule has 0 fully saturated rings. The van der Waals surface area contributed by atoms with Gasteiger partial charge < -0.3 is 15.2 Å². The highest BCUT2D eigenvalue weighted by molar-refractivity contribution is 6.09. The fourth-order valence-corrected chi connectivity index (χ4v) is 3.03. The summed E-state index contributed by atoms with van der Waals surface area (Å²) in [5.74, 6) is 1.39. The van der Waals surface area contributed by atoms with Crippen molar-refractivity contribution in [1.29, 1.82) is 0 Å². The molecule has 5 heteroatoms. The average molecular weight is 363 g/mol. The maximum absolute atomic E-state index is 9.83. The van der Waals surface area contributed by atoms with E-state index in [4.69, 9.17) is 9.73 Å². The van der Waals surface area contributed by atoms with Gasteiger partial charge in [0.25, 0.3) is 0 Å². The van der Waals surface area contributed by atoms with E-state index in [0.29, 0.717) is 5.75 Å². The zero-order valence-electron chi connectivity index (χ0n) is 15.7. The summed E-state index contributed by atoms with van der Waals surface area (Å²) in [5, 5.41) is 13.4. The SMILES string of the molecule is CCCC(NC1=CCC=CC(c2ccc(O)c(OC)c2)=N1)c1cccnc1. The van der Waals surface area contributed by atoms with Crippen molar-refractivity contribution in [3.05, 3.63) is 77.9 Å². The van der Waals surface area contributed by atoms with Gasteiger partial charge in [-0.2, -0.15) is 0 Å². The van der Waals surface area contributed by atoms with Crippen molar-refractivity contribution < 1.29 is 9.84 Å². The molecule has 1 aromatic carbocycles. The van der Waals surface area contributed by atoms with Gasteiger partial charge in [-0.05, 0) is 54.8 Å². The summed E-state index contributed by atoms with van der Waals surface area (Å²) in [4.78, 5) is 9.06. The van der Waals surface area contributed by atoms with Gasteiger partial charge in [-0.15, -0.1) is 0 Å². The molecule has 2 aromatic rings. The molecule has 140 valence electrons. The maximum Gasteiger partial charge on any atom is 0.161 e. The zero-order chi connectivity index (χ0) is 19.1. The van der Waals surface area contributed by atoms with Gasteiger partial charge in [0.15, 0.2) is 11.5 Å². The molecule has 0 bridgehead atoms. The number of ether oxygens (including phenoxy) is 1. The van der Waals surface area contributed by atoms with Gasteiger partial charge >= 0.3 is 0 Å². The molecule has 2 heterocycles. The predicted octanol–water partition coefficient (Wildman–Crippen LogP) is 4.52. The van der Waals surface area contributed by atoms with E-state index >= 15 is 0 Å². The largest absolute Gasteiger partial charge is 0.504 e. The Morgan fingerprint density at radius 2 is 2.19 bits per heavy atom. The van der Waals surface area contributed by atoms with Crippen molar-refractivity contribution in [2.45, 2.75) is 32.2 Å². The van der Waals surface area contributed by atoms with Crippen molar-refractivity contribution in [2.75, 3.05) is 7.11 Å². The van der Waals surface area contributed by atoms with Gasteiger partial charge in [0.1, 0.15) is 5.82 Å². The van der Waals surface area contributed by atoms with Crippen molar-refractivity contribution in [1.82, 2.24) is 10.3 Å². The first kappa shape index (κ1) is 18.7. The number of aromatic hydroxyl groups is 1. The van der Waals surface area contributed by atoms with Gasteiger partial charge in [-0.1, -0.05) is 25.5 Å². The van der Waals surface area contributed by atoms with Crippen LogP contribution >= 0.6 is 0 Å². The van der Waals surface area contributed by atoms with Crippen LogP contribution in [0, 0.1) is 0 Å². The van der Waals surface area contributed by atoms with E-state index in [1.165, 1.54) is 0 Å². The lowest BCUT2D eigenvalue weighted by Gasteiger charge is -2.20. The molecule has 1 aliphatic rings. The lowest BCUT2D eigenvalue weighted by Crippen LogP contribution is -2.20. The molecule has 0 spiro atoms. The zero-order valence-corrected chi connectivity index (χ0v) is 15.7. The van der Waals surface area contributed by atoms with Crippen LogP contribution in [0.1, 0.15) is 43.4 Å². The Morgan fingerprint density at radius 1 is 1.30 bits per heavy atom. The number of phenolic OH excluding ortho intramolecular Hbond substituents is 1. The van der Waals surface area contributed by atoms with Crippen LogP contribution in [0.5, 0.6) is 11.5 Å². The second-order valence-corrected chi connectivity index (χ2v) is 6.38. The topological polar surface area (TPSA) is 66.7 Å². The number of nitrogens with one attached hydrogen (secondary N) is 1. The Bertz CT molecular complexity index is 857. The van der Waals surface area contributed by atoms with Crippen LogP contribution in [0.15, 0.2) is 71.8 Å². The number of nitrogens with zero attached hydrogens (tertiary/aromatic N) is 2. The molecule has 0 amide bonds. The van der Waals surface area contributed by atoms with Gasteiger partial charge in [0.05, 0.1) is 18.9 Å². The number of aromatic nitrogens is 1. The Balaban J connectivity index is 1.87. The monoisotopic (exact) mass is 363 g/mol. The molecule has 5 nitrogen and oxygen atoms in total. The fourth-order valence-electron chi connectivity index (χ4n) is 3.03.